The standard InChI is InChI=1S/C8H16N2.C4HN3/c1-3-4-5-10-7-6-9(2)8-10;5-1-4(2-6)3-7/h6-7H,3-5,8H2,1-2H3;4H/p+1. The normalized spacial score (nSPS) is 16.7. The molecule has 17 heavy (non-hydrogen) atoms. The lowest BCUT2D eigenvalue weighted by atomic mass is 10.2. The molecule has 0 aromatic heterocycles. The van der Waals surface area contributed by atoms with Gasteiger partial charge in [0.25, 0.3) is 0 Å². The zero-order valence-corrected chi connectivity index (χ0v) is 10.3. The maximum atomic E-state index is 7.83. The van der Waals surface area contributed by atoms with Gasteiger partial charge in [-0.25, -0.2) is 0 Å². The Morgan fingerprint density at radius 3 is 2.18 bits per heavy atom. The van der Waals surface area contributed by atoms with Crippen molar-refractivity contribution in [2.75, 3.05) is 20.3 Å². The van der Waals surface area contributed by atoms with Gasteiger partial charge in [-0.05, 0) is 6.42 Å². The molecule has 0 amide bonds. The highest BCUT2D eigenvalue weighted by Crippen LogP contribution is 1.85. The Morgan fingerprint density at radius 2 is 1.88 bits per heavy atom. The van der Waals surface area contributed by atoms with Crippen molar-refractivity contribution in [2.24, 2.45) is 5.92 Å². The molecule has 1 unspecified atom stereocenters. The predicted molar refractivity (Wildman–Crippen MR) is 62.8 cm³/mol. The summed E-state index contributed by atoms with van der Waals surface area (Å²) in [6, 6.07) is 4.44. The second-order valence-corrected chi connectivity index (χ2v) is 3.81. The van der Waals surface area contributed by atoms with Crippen molar-refractivity contribution in [2.45, 2.75) is 19.8 Å². The van der Waals surface area contributed by atoms with Crippen LogP contribution in [-0.4, -0.2) is 25.2 Å². The molecule has 1 N–H and O–H groups in total. The van der Waals surface area contributed by atoms with E-state index in [4.69, 9.17) is 15.8 Å². The first-order valence-electron chi connectivity index (χ1n) is 5.59. The van der Waals surface area contributed by atoms with Crippen molar-refractivity contribution in [1.82, 2.24) is 4.90 Å². The second-order valence-electron chi connectivity index (χ2n) is 3.81. The Hall–Kier alpha value is -2.03. The van der Waals surface area contributed by atoms with Crippen LogP contribution in [0.25, 0.3) is 0 Å². The van der Waals surface area contributed by atoms with Gasteiger partial charge < -0.3 is 4.90 Å². The van der Waals surface area contributed by atoms with E-state index in [0.29, 0.717) is 0 Å². The summed E-state index contributed by atoms with van der Waals surface area (Å²) in [5.41, 5.74) is 0. The summed E-state index contributed by atoms with van der Waals surface area (Å²) in [4.78, 5) is 3.81. The maximum absolute atomic E-state index is 7.83. The lowest BCUT2D eigenvalue weighted by Gasteiger charge is -2.11. The van der Waals surface area contributed by atoms with Crippen molar-refractivity contribution >= 4 is 0 Å². The zero-order chi connectivity index (χ0) is 13.1. The van der Waals surface area contributed by atoms with Crippen molar-refractivity contribution < 1.29 is 4.90 Å². The Morgan fingerprint density at radius 1 is 1.29 bits per heavy atom. The Bertz CT molecular complexity index is 321. The van der Waals surface area contributed by atoms with E-state index in [1.807, 2.05) is 0 Å². The average molecular weight is 232 g/mol. The van der Waals surface area contributed by atoms with E-state index in [9.17, 15) is 0 Å². The molecule has 0 bridgehead atoms. The number of nitrogens with zero attached hydrogens (tertiary/aromatic N) is 4. The third kappa shape index (κ3) is 6.95. The molecule has 0 spiro atoms. The van der Waals surface area contributed by atoms with Crippen molar-refractivity contribution in [1.29, 1.82) is 15.8 Å². The minimum Gasteiger partial charge on any atom is -0.329 e. The SMILES string of the molecule is CCCC[NH+]1C=CN(C)C1.N#CC(C#N)C#N. The van der Waals surface area contributed by atoms with Crippen LogP contribution < -0.4 is 4.90 Å². The molecule has 0 aromatic rings. The predicted octanol–water partition coefficient (Wildman–Crippen LogP) is 0.219. The van der Waals surface area contributed by atoms with Crippen LogP contribution in [0.3, 0.4) is 0 Å². The molecule has 5 nitrogen and oxygen atoms in total. The van der Waals surface area contributed by atoms with Crippen LogP contribution in [0.15, 0.2) is 12.4 Å². The van der Waals surface area contributed by atoms with Gasteiger partial charge in [-0.1, -0.05) is 13.3 Å². The van der Waals surface area contributed by atoms with Crippen LogP contribution >= 0.6 is 0 Å². The lowest BCUT2D eigenvalue weighted by molar-refractivity contribution is -0.848. The lowest BCUT2D eigenvalue weighted by Crippen LogP contribution is -3.07. The fourth-order valence-corrected chi connectivity index (χ4v) is 1.31. The van der Waals surface area contributed by atoms with E-state index in [-0.39, 0.29) is 0 Å². The van der Waals surface area contributed by atoms with Crippen LogP contribution in [0.4, 0.5) is 0 Å². The van der Waals surface area contributed by atoms with Crippen LogP contribution in [-0.2, 0) is 0 Å². The van der Waals surface area contributed by atoms with E-state index in [2.05, 4.69) is 31.3 Å². The molecule has 0 saturated heterocycles. The summed E-state index contributed by atoms with van der Waals surface area (Å²) in [6.45, 7) is 4.68. The number of unbranched alkanes of at least 4 members (excludes halogenated alkanes) is 1. The second kappa shape index (κ2) is 9.21. The molecule has 0 aromatic carbocycles. The Balaban J connectivity index is 0.000000325. The molecule has 1 heterocycles. The molecule has 0 fully saturated rings. The number of nitriles is 3. The van der Waals surface area contributed by atoms with Crippen LogP contribution in [0.2, 0.25) is 0 Å². The van der Waals surface area contributed by atoms with Gasteiger partial charge in [-0.2, -0.15) is 15.8 Å². The summed E-state index contributed by atoms with van der Waals surface area (Å²) in [5.74, 6) is -1.10. The highest BCUT2D eigenvalue weighted by Gasteiger charge is 2.11. The van der Waals surface area contributed by atoms with Gasteiger partial charge in [0, 0.05) is 7.05 Å². The van der Waals surface area contributed by atoms with E-state index < -0.39 is 5.92 Å². The molecule has 1 aliphatic heterocycles. The van der Waals surface area contributed by atoms with Gasteiger partial charge in [0.05, 0.1) is 31.0 Å². The smallest absolute Gasteiger partial charge is 0.218 e. The average Bonchev–Trinajstić information content (AvgIpc) is 2.76. The van der Waals surface area contributed by atoms with Gasteiger partial charge >= 0.3 is 0 Å². The summed E-state index contributed by atoms with van der Waals surface area (Å²) >= 11 is 0. The number of quaternary nitrogens is 1. The number of nitrogens with one attached hydrogen (secondary N) is 1. The highest BCUT2D eigenvalue weighted by atomic mass is 15.3. The number of hydrogen-bond acceptors (Lipinski definition) is 4. The van der Waals surface area contributed by atoms with Crippen LogP contribution in [0, 0.1) is 39.9 Å². The molecular formula is C12H18N5+. The minimum atomic E-state index is -1.10. The van der Waals surface area contributed by atoms with E-state index >= 15 is 0 Å². The fraction of sp³-hybridized carbons (Fsp3) is 0.583. The molecule has 0 aliphatic carbocycles. The van der Waals surface area contributed by atoms with E-state index in [1.165, 1.54) is 37.6 Å². The molecular weight excluding hydrogens is 214 g/mol. The fourth-order valence-electron chi connectivity index (χ4n) is 1.31. The molecule has 5 heteroatoms. The van der Waals surface area contributed by atoms with Crippen molar-refractivity contribution in [3.05, 3.63) is 12.4 Å². The third-order valence-corrected chi connectivity index (χ3v) is 2.26. The molecule has 1 atom stereocenters. The quantitative estimate of drug-likeness (QED) is 0.755. The van der Waals surface area contributed by atoms with E-state index in [0.717, 1.165) is 6.67 Å². The zero-order valence-electron chi connectivity index (χ0n) is 10.3. The summed E-state index contributed by atoms with van der Waals surface area (Å²) in [7, 11) is 2.12. The maximum Gasteiger partial charge on any atom is 0.218 e. The summed E-state index contributed by atoms with van der Waals surface area (Å²) in [6.07, 6.45) is 7.05. The monoisotopic (exact) mass is 232 g/mol. The Labute approximate surface area is 103 Å². The van der Waals surface area contributed by atoms with Crippen molar-refractivity contribution in [3.8, 4) is 18.2 Å². The summed E-state index contributed by atoms with van der Waals surface area (Å²) in [5, 5.41) is 23.5. The van der Waals surface area contributed by atoms with Gasteiger partial charge in [0.15, 0.2) is 6.67 Å². The Kier molecular flexibility index (Phi) is 8.11. The summed E-state index contributed by atoms with van der Waals surface area (Å²) < 4.78 is 0. The van der Waals surface area contributed by atoms with Crippen LogP contribution in [0.5, 0.6) is 0 Å². The van der Waals surface area contributed by atoms with Gasteiger partial charge in [0.2, 0.25) is 5.92 Å². The minimum absolute atomic E-state index is 1.10. The molecule has 90 valence electrons. The van der Waals surface area contributed by atoms with Crippen molar-refractivity contribution in [3.63, 3.8) is 0 Å². The topological polar surface area (TPSA) is 79.0 Å². The largest absolute Gasteiger partial charge is 0.329 e. The van der Waals surface area contributed by atoms with Crippen LogP contribution in [0.1, 0.15) is 19.8 Å². The van der Waals surface area contributed by atoms with Gasteiger partial charge in [-0.15, -0.1) is 0 Å². The molecule has 0 radical (unpaired) electrons. The van der Waals surface area contributed by atoms with Gasteiger partial charge in [0.1, 0.15) is 6.20 Å². The third-order valence-electron chi connectivity index (χ3n) is 2.26. The molecule has 1 aliphatic rings. The highest BCUT2D eigenvalue weighted by molar-refractivity contribution is 5.11. The number of hydrogen-bond donors (Lipinski definition) is 1. The first-order chi connectivity index (χ1) is 8.17. The van der Waals surface area contributed by atoms with Gasteiger partial charge in [-0.3, -0.25) is 4.90 Å². The first kappa shape index (κ1) is 15.0. The molecule has 1 rings (SSSR count). The number of rotatable bonds is 3. The van der Waals surface area contributed by atoms with E-state index in [1.54, 1.807) is 4.90 Å². The molecule has 0 saturated carbocycles. The first-order valence-corrected chi connectivity index (χ1v) is 5.59.